The van der Waals surface area contributed by atoms with E-state index in [0.29, 0.717) is 0 Å². The predicted octanol–water partition coefficient (Wildman–Crippen LogP) is 2.46. The molecular formula is C11H16N2. The second-order valence-electron chi connectivity index (χ2n) is 4.02. The molecule has 0 amide bonds. The monoisotopic (exact) mass is 176 g/mol. The van der Waals surface area contributed by atoms with E-state index in [9.17, 15) is 0 Å². The van der Waals surface area contributed by atoms with E-state index in [0.717, 1.165) is 29.9 Å². The number of aromatic nitrogens is 1. The number of anilines is 1. The van der Waals surface area contributed by atoms with Crippen LogP contribution in [0.1, 0.15) is 19.0 Å². The third-order valence-corrected chi connectivity index (χ3v) is 2.71. The highest BCUT2D eigenvalue weighted by Crippen LogP contribution is 2.37. The maximum absolute atomic E-state index is 4.39. The van der Waals surface area contributed by atoms with Crippen molar-refractivity contribution >= 4 is 5.82 Å². The number of aryl methyl sites for hydroxylation is 1. The van der Waals surface area contributed by atoms with Crippen LogP contribution in [0.25, 0.3) is 0 Å². The minimum atomic E-state index is 0.877. The molecule has 2 atom stereocenters. The Labute approximate surface area is 79.4 Å². The molecule has 1 heterocycles. The van der Waals surface area contributed by atoms with Crippen LogP contribution in [0.3, 0.4) is 0 Å². The summed E-state index contributed by atoms with van der Waals surface area (Å²) in [5.41, 5.74) is 1.08. The third-order valence-electron chi connectivity index (χ3n) is 2.71. The van der Waals surface area contributed by atoms with Crippen molar-refractivity contribution < 1.29 is 0 Å². The molecule has 0 spiro atoms. The van der Waals surface area contributed by atoms with E-state index in [-0.39, 0.29) is 0 Å². The number of rotatable bonds is 3. The van der Waals surface area contributed by atoms with Gasteiger partial charge in [-0.1, -0.05) is 13.0 Å². The number of nitrogens with zero attached hydrogens (tertiary/aromatic N) is 1. The van der Waals surface area contributed by atoms with Gasteiger partial charge in [-0.05, 0) is 37.3 Å². The lowest BCUT2D eigenvalue weighted by Crippen LogP contribution is -2.05. The Hall–Kier alpha value is -1.05. The molecule has 2 nitrogen and oxygen atoms in total. The fraction of sp³-hybridized carbons (Fsp3) is 0.545. The summed E-state index contributed by atoms with van der Waals surface area (Å²) in [6.45, 7) is 5.40. The standard InChI is InChI=1S/C11H16N2/c1-8-6-10(8)7-12-11-5-3-4-9(2)13-11/h3-5,8,10H,6-7H2,1-2H3,(H,12,13). The fourth-order valence-electron chi connectivity index (χ4n) is 1.56. The van der Waals surface area contributed by atoms with E-state index < -0.39 is 0 Å². The van der Waals surface area contributed by atoms with Crippen LogP contribution in [0.4, 0.5) is 5.82 Å². The second kappa shape index (κ2) is 3.36. The summed E-state index contributed by atoms with van der Waals surface area (Å²) in [5.74, 6) is 2.80. The summed E-state index contributed by atoms with van der Waals surface area (Å²) in [6.07, 6.45) is 1.37. The lowest BCUT2D eigenvalue weighted by atomic mass is 10.3. The Bertz CT molecular complexity index is 296. The van der Waals surface area contributed by atoms with Gasteiger partial charge in [0.05, 0.1) is 0 Å². The zero-order chi connectivity index (χ0) is 9.26. The molecule has 2 unspecified atom stereocenters. The minimum absolute atomic E-state index is 0.877. The Morgan fingerprint density at radius 3 is 2.92 bits per heavy atom. The Morgan fingerprint density at radius 2 is 2.31 bits per heavy atom. The van der Waals surface area contributed by atoms with Crippen LogP contribution in [-0.2, 0) is 0 Å². The highest BCUT2D eigenvalue weighted by molar-refractivity contribution is 5.35. The van der Waals surface area contributed by atoms with Crippen LogP contribution >= 0.6 is 0 Å². The molecule has 2 rings (SSSR count). The molecule has 2 heteroatoms. The van der Waals surface area contributed by atoms with Gasteiger partial charge in [-0.25, -0.2) is 4.98 Å². The lowest BCUT2D eigenvalue weighted by Gasteiger charge is -2.04. The van der Waals surface area contributed by atoms with Gasteiger partial charge in [0, 0.05) is 12.2 Å². The fourth-order valence-corrected chi connectivity index (χ4v) is 1.56. The van der Waals surface area contributed by atoms with E-state index in [1.165, 1.54) is 6.42 Å². The first-order valence-electron chi connectivity index (χ1n) is 4.93. The van der Waals surface area contributed by atoms with Crippen LogP contribution < -0.4 is 5.32 Å². The van der Waals surface area contributed by atoms with Gasteiger partial charge in [0.25, 0.3) is 0 Å². The van der Waals surface area contributed by atoms with E-state index in [2.05, 4.69) is 17.2 Å². The van der Waals surface area contributed by atoms with E-state index in [4.69, 9.17) is 0 Å². The molecule has 1 aromatic rings. The van der Waals surface area contributed by atoms with Crippen molar-refractivity contribution in [1.82, 2.24) is 4.98 Å². The number of pyridine rings is 1. The van der Waals surface area contributed by atoms with Crippen molar-refractivity contribution in [3.05, 3.63) is 23.9 Å². The summed E-state index contributed by atoms with van der Waals surface area (Å²) >= 11 is 0. The first kappa shape index (κ1) is 8.54. The van der Waals surface area contributed by atoms with Crippen molar-refractivity contribution in [2.75, 3.05) is 11.9 Å². The molecule has 1 fully saturated rings. The quantitative estimate of drug-likeness (QED) is 0.765. The highest BCUT2D eigenvalue weighted by atomic mass is 15.0. The van der Waals surface area contributed by atoms with Gasteiger partial charge in [-0.3, -0.25) is 0 Å². The molecule has 1 N–H and O–H groups in total. The Kier molecular flexibility index (Phi) is 2.21. The molecule has 1 aliphatic rings. The second-order valence-corrected chi connectivity index (χ2v) is 4.02. The van der Waals surface area contributed by atoms with E-state index in [1.807, 2.05) is 25.1 Å². The van der Waals surface area contributed by atoms with Crippen molar-refractivity contribution in [2.45, 2.75) is 20.3 Å². The zero-order valence-corrected chi connectivity index (χ0v) is 8.25. The van der Waals surface area contributed by atoms with E-state index >= 15 is 0 Å². The van der Waals surface area contributed by atoms with Gasteiger partial charge in [0.2, 0.25) is 0 Å². The van der Waals surface area contributed by atoms with Crippen LogP contribution in [0.15, 0.2) is 18.2 Å². The molecule has 0 aliphatic heterocycles. The van der Waals surface area contributed by atoms with Crippen molar-refractivity contribution in [3.63, 3.8) is 0 Å². The van der Waals surface area contributed by atoms with Gasteiger partial charge >= 0.3 is 0 Å². The molecule has 0 aromatic carbocycles. The van der Waals surface area contributed by atoms with Crippen molar-refractivity contribution in [1.29, 1.82) is 0 Å². The molecule has 0 radical (unpaired) electrons. The number of hydrogen-bond donors (Lipinski definition) is 1. The largest absolute Gasteiger partial charge is 0.370 e. The van der Waals surface area contributed by atoms with Crippen LogP contribution in [0.5, 0.6) is 0 Å². The molecule has 70 valence electrons. The molecule has 13 heavy (non-hydrogen) atoms. The summed E-state index contributed by atoms with van der Waals surface area (Å²) in [4.78, 5) is 4.39. The minimum Gasteiger partial charge on any atom is -0.370 e. The number of nitrogens with one attached hydrogen (secondary N) is 1. The molecular weight excluding hydrogens is 160 g/mol. The highest BCUT2D eigenvalue weighted by Gasteiger charge is 2.31. The van der Waals surface area contributed by atoms with Crippen LogP contribution in [0, 0.1) is 18.8 Å². The zero-order valence-electron chi connectivity index (χ0n) is 8.25. The average Bonchev–Trinajstić information content (AvgIpc) is 2.79. The topological polar surface area (TPSA) is 24.9 Å². The van der Waals surface area contributed by atoms with Crippen LogP contribution in [0.2, 0.25) is 0 Å². The summed E-state index contributed by atoms with van der Waals surface area (Å²) in [7, 11) is 0. The predicted molar refractivity (Wildman–Crippen MR) is 54.7 cm³/mol. The Morgan fingerprint density at radius 1 is 1.54 bits per heavy atom. The van der Waals surface area contributed by atoms with Gasteiger partial charge in [0.15, 0.2) is 0 Å². The van der Waals surface area contributed by atoms with Crippen molar-refractivity contribution in [2.24, 2.45) is 11.8 Å². The van der Waals surface area contributed by atoms with E-state index in [1.54, 1.807) is 0 Å². The van der Waals surface area contributed by atoms with Gasteiger partial charge < -0.3 is 5.32 Å². The van der Waals surface area contributed by atoms with Crippen LogP contribution in [-0.4, -0.2) is 11.5 Å². The summed E-state index contributed by atoms with van der Waals surface area (Å²) in [6, 6.07) is 6.09. The van der Waals surface area contributed by atoms with Gasteiger partial charge in [-0.15, -0.1) is 0 Å². The molecule has 0 bridgehead atoms. The first-order valence-corrected chi connectivity index (χ1v) is 4.93. The summed E-state index contributed by atoms with van der Waals surface area (Å²) < 4.78 is 0. The molecule has 1 aromatic heterocycles. The smallest absolute Gasteiger partial charge is 0.126 e. The normalized spacial score (nSPS) is 25.7. The maximum Gasteiger partial charge on any atom is 0.126 e. The molecule has 1 aliphatic carbocycles. The first-order chi connectivity index (χ1) is 6.25. The average molecular weight is 176 g/mol. The summed E-state index contributed by atoms with van der Waals surface area (Å²) in [5, 5.41) is 3.37. The maximum atomic E-state index is 4.39. The number of hydrogen-bond acceptors (Lipinski definition) is 2. The lowest BCUT2D eigenvalue weighted by molar-refractivity contribution is 0.784. The van der Waals surface area contributed by atoms with Crippen molar-refractivity contribution in [3.8, 4) is 0 Å². The van der Waals surface area contributed by atoms with Gasteiger partial charge in [0.1, 0.15) is 5.82 Å². The Balaban J connectivity index is 1.87. The molecule has 0 saturated heterocycles. The molecule has 1 saturated carbocycles. The van der Waals surface area contributed by atoms with Gasteiger partial charge in [-0.2, -0.15) is 0 Å². The SMILES string of the molecule is Cc1cccc(NCC2CC2C)n1. The third kappa shape index (κ3) is 2.20.